The Morgan fingerprint density at radius 1 is 1.10 bits per heavy atom. The summed E-state index contributed by atoms with van der Waals surface area (Å²) in [5, 5.41) is 3.03. The molecule has 1 N–H and O–H groups in total. The maximum absolute atomic E-state index is 12.8. The van der Waals surface area contributed by atoms with Gasteiger partial charge in [0.25, 0.3) is 5.91 Å². The Bertz CT molecular complexity index is 817. The van der Waals surface area contributed by atoms with Crippen molar-refractivity contribution in [3.8, 4) is 5.88 Å². The number of likely N-dealkylation sites (tertiary alicyclic amines) is 1. The van der Waals surface area contributed by atoms with Crippen LogP contribution in [0, 0.1) is 11.8 Å². The summed E-state index contributed by atoms with van der Waals surface area (Å²) in [6.45, 7) is 9.09. The number of benzene rings is 1. The first kappa shape index (κ1) is 22.2. The molecule has 6 heteroatoms. The molecule has 1 aliphatic rings. The number of hydrogen-bond donors (Lipinski definition) is 1. The Morgan fingerprint density at radius 3 is 2.57 bits per heavy atom. The van der Waals surface area contributed by atoms with E-state index in [2.05, 4.69) is 47.2 Å². The fourth-order valence-electron chi connectivity index (χ4n) is 4.22. The Balaban J connectivity index is 1.63. The van der Waals surface area contributed by atoms with E-state index in [0.29, 0.717) is 31.2 Å². The summed E-state index contributed by atoms with van der Waals surface area (Å²) in [6.07, 6.45) is 2.92. The average molecular weight is 412 g/mol. The molecule has 3 rings (SSSR count). The minimum Gasteiger partial charge on any atom is -0.475 e. The van der Waals surface area contributed by atoms with Gasteiger partial charge in [0, 0.05) is 39.5 Å². The van der Waals surface area contributed by atoms with Crippen LogP contribution in [0.2, 0.25) is 0 Å². The van der Waals surface area contributed by atoms with Crippen LogP contribution in [0.15, 0.2) is 42.6 Å². The lowest BCUT2D eigenvalue weighted by Crippen LogP contribution is -2.38. The number of ether oxygens (including phenoxy) is 2. The van der Waals surface area contributed by atoms with Crippen molar-refractivity contribution < 1.29 is 14.3 Å². The van der Waals surface area contributed by atoms with Gasteiger partial charge in [-0.1, -0.05) is 38.1 Å². The largest absolute Gasteiger partial charge is 0.475 e. The van der Waals surface area contributed by atoms with Crippen LogP contribution in [0.3, 0.4) is 0 Å². The van der Waals surface area contributed by atoms with Crippen molar-refractivity contribution in [3.63, 3.8) is 0 Å². The zero-order valence-corrected chi connectivity index (χ0v) is 18.3. The van der Waals surface area contributed by atoms with Crippen LogP contribution in [-0.2, 0) is 17.8 Å². The number of carbonyl (C=O) groups is 1. The molecule has 2 unspecified atom stereocenters. The van der Waals surface area contributed by atoms with Crippen LogP contribution in [0.1, 0.15) is 41.8 Å². The van der Waals surface area contributed by atoms with Crippen LogP contribution in [0.4, 0.5) is 0 Å². The first-order chi connectivity index (χ1) is 14.6. The van der Waals surface area contributed by atoms with Crippen molar-refractivity contribution in [2.75, 3.05) is 33.4 Å². The molecule has 2 atom stereocenters. The molecule has 1 fully saturated rings. The van der Waals surface area contributed by atoms with Crippen LogP contribution in [-0.4, -0.2) is 49.2 Å². The summed E-state index contributed by atoms with van der Waals surface area (Å²) in [4.78, 5) is 19.5. The van der Waals surface area contributed by atoms with Crippen molar-refractivity contribution in [2.24, 2.45) is 11.8 Å². The third kappa shape index (κ3) is 6.28. The van der Waals surface area contributed by atoms with Crippen molar-refractivity contribution in [1.82, 2.24) is 15.2 Å². The van der Waals surface area contributed by atoms with Crippen molar-refractivity contribution in [3.05, 3.63) is 59.3 Å². The molecule has 162 valence electrons. The van der Waals surface area contributed by atoms with E-state index in [0.717, 1.165) is 37.0 Å². The molecule has 6 nitrogen and oxygen atoms in total. The smallest absolute Gasteiger partial charge is 0.257 e. The lowest BCUT2D eigenvalue weighted by atomic mass is 9.91. The maximum atomic E-state index is 12.8. The van der Waals surface area contributed by atoms with Crippen LogP contribution in [0.25, 0.3) is 0 Å². The number of piperidine rings is 1. The SMILES string of the molecule is COCCOc1ncccc1C(=O)NCc1ccccc1CN1CC(C)CC(C)C1. The average Bonchev–Trinajstić information content (AvgIpc) is 2.73. The zero-order chi connectivity index (χ0) is 21.3. The third-order valence-corrected chi connectivity index (χ3v) is 5.44. The number of methoxy groups -OCH3 is 1. The van der Waals surface area contributed by atoms with E-state index >= 15 is 0 Å². The normalized spacial score (nSPS) is 19.4. The van der Waals surface area contributed by atoms with Crippen LogP contribution < -0.4 is 10.1 Å². The third-order valence-electron chi connectivity index (χ3n) is 5.44. The molecule has 2 aromatic rings. The molecule has 1 aromatic heterocycles. The molecule has 2 heterocycles. The van der Waals surface area contributed by atoms with Gasteiger partial charge < -0.3 is 14.8 Å². The van der Waals surface area contributed by atoms with E-state index < -0.39 is 0 Å². The molecular weight excluding hydrogens is 378 g/mol. The van der Waals surface area contributed by atoms with Gasteiger partial charge in [-0.05, 0) is 41.5 Å². The molecule has 30 heavy (non-hydrogen) atoms. The minimum absolute atomic E-state index is 0.189. The quantitative estimate of drug-likeness (QED) is 0.640. The Labute approximate surface area is 179 Å². The standard InChI is InChI=1S/C24H33N3O3/c1-18-13-19(2)16-27(15-18)17-21-8-5-4-7-20(21)14-26-23(28)22-9-6-10-25-24(22)30-12-11-29-3/h4-10,18-19H,11-17H2,1-3H3,(H,26,28). The molecule has 0 saturated carbocycles. The number of pyridine rings is 1. The van der Waals surface area contributed by atoms with E-state index in [1.54, 1.807) is 25.4 Å². The summed E-state index contributed by atoms with van der Waals surface area (Å²) in [7, 11) is 1.61. The molecule has 0 bridgehead atoms. The van der Waals surface area contributed by atoms with Gasteiger partial charge in [0.2, 0.25) is 5.88 Å². The molecule has 0 spiro atoms. The van der Waals surface area contributed by atoms with E-state index in [1.165, 1.54) is 12.0 Å². The van der Waals surface area contributed by atoms with E-state index in [4.69, 9.17) is 9.47 Å². The number of nitrogens with one attached hydrogen (secondary N) is 1. The second-order valence-corrected chi connectivity index (χ2v) is 8.29. The second kappa shape index (κ2) is 11.1. The predicted molar refractivity (Wildman–Crippen MR) is 117 cm³/mol. The van der Waals surface area contributed by atoms with Gasteiger partial charge in [0.15, 0.2) is 0 Å². The van der Waals surface area contributed by atoms with Crippen molar-refractivity contribution >= 4 is 5.91 Å². The fourth-order valence-corrected chi connectivity index (χ4v) is 4.22. The van der Waals surface area contributed by atoms with Gasteiger partial charge >= 0.3 is 0 Å². The van der Waals surface area contributed by atoms with E-state index in [-0.39, 0.29) is 5.91 Å². The van der Waals surface area contributed by atoms with Crippen molar-refractivity contribution in [1.29, 1.82) is 0 Å². The topological polar surface area (TPSA) is 63.7 Å². The van der Waals surface area contributed by atoms with Gasteiger partial charge in [-0.2, -0.15) is 0 Å². The number of aromatic nitrogens is 1. The van der Waals surface area contributed by atoms with Crippen molar-refractivity contribution in [2.45, 2.75) is 33.4 Å². The monoisotopic (exact) mass is 411 g/mol. The molecule has 1 aromatic carbocycles. The first-order valence-corrected chi connectivity index (χ1v) is 10.7. The van der Waals surface area contributed by atoms with Crippen LogP contribution >= 0.6 is 0 Å². The maximum Gasteiger partial charge on any atom is 0.257 e. The fraction of sp³-hybridized carbons (Fsp3) is 0.500. The van der Waals surface area contributed by atoms with Gasteiger partial charge in [-0.25, -0.2) is 4.98 Å². The Morgan fingerprint density at radius 2 is 1.83 bits per heavy atom. The summed E-state index contributed by atoms with van der Waals surface area (Å²) < 4.78 is 10.6. The number of rotatable bonds is 9. The van der Waals surface area contributed by atoms with E-state index in [9.17, 15) is 4.79 Å². The van der Waals surface area contributed by atoms with E-state index in [1.807, 2.05) is 6.07 Å². The zero-order valence-electron chi connectivity index (χ0n) is 18.3. The summed E-state index contributed by atoms with van der Waals surface area (Å²) in [6, 6.07) is 11.8. The Kier molecular flexibility index (Phi) is 8.22. The lowest BCUT2D eigenvalue weighted by Gasteiger charge is -2.35. The molecule has 1 aliphatic heterocycles. The van der Waals surface area contributed by atoms with Crippen LogP contribution in [0.5, 0.6) is 5.88 Å². The number of hydrogen-bond acceptors (Lipinski definition) is 5. The van der Waals surface area contributed by atoms with Gasteiger partial charge in [-0.15, -0.1) is 0 Å². The van der Waals surface area contributed by atoms with Gasteiger partial charge in [-0.3, -0.25) is 9.69 Å². The molecular formula is C24H33N3O3. The number of carbonyl (C=O) groups excluding carboxylic acids is 1. The minimum atomic E-state index is -0.189. The highest BCUT2D eigenvalue weighted by atomic mass is 16.5. The highest BCUT2D eigenvalue weighted by molar-refractivity contribution is 5.96. The molecule has 0 aliphatic carbocycles. The molecule has 1 saturated heterocycles. The van der Waals surface area contributed by atoms with Gasteiger partial charge in [0.05, 0.1) is 6.61 Å². The summed E-state index contributed by atoms with van der Waals surface area (Å²) in [5.41, 5.74) is 2.84. The number of amides is 1. The Hall–Kier alpha value is -2.44. The van der Waals surface area contributed by atoms with Gasteiger partial charge in [0.1, 0.15) is 12.2 Å². The summed E-state index contributed by atoms with van der Waals surface area (Å²) in [5.74, 6) is 1.59. The number of nitrogens with zero attached hydrogens (tertiary/aromatic N) is 2. The first-order valence-electron chi connectivity index (χ1n) is 10.7. The molecule has 0 radical (unpaired) electrons. The lowest BCUT2D eigenvalue weighted by molar-refractivity contribution is 0.0941. The summed E-state index contributed by atoms with van der Waals surface area (Å²) >= 11 is 0. The highest BCUT2D eigenvalue weighted by Crippen LogP contribution is 2.23. The predicted octanol–water partition coefficient (Wildman–Crippen LogP) is 3.51. The highest BCUT2D eigenvalue weighted by Gasteiger charge is 2.22. The second-order valence-electron chi connectivity index (χ2n) is 8.29. The molecule has 1 amide bonds.